The molecule has 0 saturated carbocycles. The van der Waals surface area contributed by atoms with Crippen molar-refractivity contribution in [2.24, 2.45) is 0 Å². The summed E-state index contributed by atoms with van der Waals surface area (Å²) in [6.45, 7) is 1.53. The van der Waals surface area contributed by atoms with Gasteiger partial charge >= 0.3 is 0 Å². The van der Waals surface area contributed by atoms with Crippen LogP contribution in [-0.2, 0) is 4.79 Å². The molecule has 0 N–H and O–H groups in total. The van der Waals surface area contributed by atoms with E-state index in [-0.39, 0.29) is 6.42 Å². The van der Waals surface area contributed by atoms with E-state index in [2.05, 4.69) is 0 Å². The van der Waals surface area contributed by atoms with Crippen LogP contribution in [0.3, 0.4) is 0 Å². The van der Waals surface area contributed by atoms with E-state index in [0.29, 0.717) is 0 Å². The second kappa shape index (κ2) is 5.80. The van der Waals surface area contributed by atoms with Crippen LogP contribution in [0.1, 0.15) is 30.1 Å². The monoisotopic (exact) mass is 266 g/mol. The second-order valence-electron chi connectivity index (χ2n) is 3.68. The summed E-state index contributed by atoms with van der Waals surface area (Å²) in [6.07, 6.45) is -0.498. The molecule has 8 heteroatoms. The van der Waals surface area contributed by atoms with Gasteiger partial charge in [-0.2, -0.15) is 0 Å². The van der Waals surface area contributed by atoms with Crippen LogP contribution in [0.25, 0.3) is 0 Å². The first kappa shape index (κ1) is 14.4. The molecular formula is C11H10N2O6. The molecule has 0 aliphatic rings. The predicted octanol–water partition coefficient (Wildman–Crippen LogP) is 2.05. The summed E-state index contributed by atoms with van der Waals surface area (Å²) in [5.41, 5.74) is -1.95. The van der Waals surface area contributed by atoms with Gasteiger partial charge in [-0.25, -0.2) is 0 Å². The quantitative estimate of drug-likeness (QED) is 0.336. The fourth-order valence-corrected chi connectivity index (χ4v) is 1.51. The summed E-state index contributed by atoms with van der Waals surface area (Å²) in [5.74, 6) is -1.34. The zero-order valence-electron chi connectivity index (χ0n) is 9.99. The molecule has 0 saturated heterocycles. The van der Waals surface area contributed by atoms with Gasteiger partial charge in [-0.1, -0.05) is 6.92 Å². The van der Waals surface area contributed by atoms with Crippen LogP contribution in [-0.4, -0.2) is 21.4 Å². The van der Waals surface area contributed by atoms with Crippen LogP contribution >= 0.6 is 0 Å². The third-order valence-electron chi connectivity index (χ3n) is 2.44. The van der Waals surface area contributed by atoms with Crippen molar-refractivity contribution in [2.45, 2.75) is 19.8 Å². The largest absolute Gasteiger partial charge is 0.299 e. The lowest BCUT2D eigenvalue weighted by Gasteiger charge is -2.02. The van der Waals surface area contributed by atoms with Crippen molar-refractivity contribution in [3.63, 3.8) is 0 Å². The van der Waals surface area contributed by atoms with Gasteiger partial charge in [0.25, 0.3) is 11.4 Å². The van der Waals surface area contributed by atoms with Crippen LogP contribution in [0.5, 0.6) is 0 Å². The molecule has 0 bridgehead atoms. The van der Waals surface area contributed by atoms with E-state index in [1.54, 1.807) is 0 Å². The van der Waals surface area contributed by atoms with E-state index in [1.165, 1.54) is 6.92 Å². The van der Waals surface area contributed by atoms with Crippen LogP contribution < -0.4 is 0 Å². The van der Waals surface area contributed by atoms with Gasteiger partial charge in [0, 0.05) is 18.6 Å². The zero-order chi connectivity index (χ0) is 14.6. The Hall–Kier alpha value is -2.64. The molecule has 19 heavy (non-hydrogen) atoms. The van der Waals surface area contributed by atoms with Gasteiger partial charge in [0.2, 0.25) is 0 Å². The van der Waals surface area contributed by atoms with E-state index < -0.39 is 44.8 Å². The molecular weight excluding hydrogens is 256 g/mol. The Labute approximate surface area is 107 Å². The predicted molar refractivity (Wildman–Crippen MR) is 64.0 cm³/mol. The molecule has 0 spiro atoms. The molecule has 0 aromatic heterocycles. The number of benzene rings is 1. The molecule has 0 aliphatic carbocycles. The van der Waals surface area contributed by atoms with Crippen molar-refractivity contribution in [1.29, 1.82) is 0 Å². The summed E-state index contributed by atoms with van der Waals surface area (Å²) in [6, 6.07) is 3.11. The first-order valence-electron chi connectivity index (χ1n) is 5.35. The van der Waals surface area contributed by atoms with E-state index >= 15 is 0 Å². The molecule has 1 aromatic rings. The molecule has 0 amide bonds. The molecule has 0 atom stereocenters. The Bertz CT molecular complexity index is 534. The summed E-state index contributed by atoms with van der Waals surface area (Å²) in [5, 5.41) is 21.6. The molecule has 0 radical (unpaired) electrons. The van der Waals surface area contributed by atoms with Crippen LogP contribution in [0.15, 0.2) is 18.2 Å². The van der Waals surface area contributed by atoms with E-state index in [4.69, 9.17) is 0 Å². The number of nitrogens with zero attached hydrogens (tertiary/aromatic N) is 2. The maximum absolute atomic E-state index is 11.8. The fraction of sp³-hybridized carbons (Fsp3) is 0.273. The summed E-state index contributed by atoms with van der Waals surface area (Å²) in [4.78, 5) is 42.9. The number of ketones is 2. The minimum absolute atomic E-state index is 0.0835. The molecule has 100 valence electrons. The summed E-state index contributed by atoms with van der Waals surface area (Å²) < 4.78 is 0. The van der Waals surface area contributed by atoms with Crippen molar-refractivity contribution < 1.29 is 19.4 Å². The highest BCUT2D eigenvalue weighted by Gasteiger charge is 2.30. The van der Waals surface area contributed by atoms with Gasteiger partial charge < -0.3 is 0 Å². The molecule has 0 heterocycles. The van der Waals surface area contributed by atoms with E-state index in [1.807, 2.05) is 0 Å². The maximum atomic E-state index is 11.8. The Morgan fingerprint density at radius 3 is 1.95 bits per heavy atom. The first-order valence-corrected chi connectivity index (χ1v) is 5.35. The van der Waals surface area contributed by atoms with Crippen molar-refractivity contribution in [2.75, 3.05) is 0 Å². The Morgan fingerprint density at radius 1 is 1.11 bits per heavy atom. The number of carbonyl (C=O) groups is 2. The molecule has 0 unspecified atom stereocenters. The average Bonchev–Trinajstić information content (AvgIpc) is 2.37. The molecule has 1 aromatic carbocycles. The number of rotatable bonds is 6. The smallest absolute Gasteiger partial charge is 0.287 e. The van der Waals surface area contributed by atoms with Gasteiger partial charge in [-0.3, -0.25) is 29.8 Å². The van der Waals surface area contributed by atoms with Gasteiger partial charge in [0.15, 0.2) is 11.3 Å². The number of hydrogen-bond donors (Lipinski definition) is 0. The maximum Gasteiger partial charge on any atom is 0.287 e. The topological polar surface area (TPSA) is 120 Å². The number of nitro benzene ring substituents is 2. The van der Waals surface area contributed by atoms with Gasteiger partial charge in [-0.05, 0) is 6.07 Å². The molecule has 0 aliphatic heterocycles. The minimum Gasteiger partial charge on any atom is -0.299 e. The molecule has 1 rings (SSSR count). The summed E-state index contributed by atoms with van der Waals surface area (Å²) in [7, 11) is 0. The number of hydrogen-bond acceptors (Lipinski definition) is 6. The van der Waals surface area contributed by atoms with E-state index in [9.17, 15) is 29.8 Å². The minimum atomic E-state index is -0.911. The lowest BCUT2D eigenvalue weighted by Crippen LogP contribution is -2.11. The normalized spacial score (nSPS) is 9.95. The van der Waals surface area contributed by atoms with Crippen LogP contribution in [0.2, 0.25) is 0 Å². The zero-order valence-corrected chi connectivity index (χ0v) is 9.99. The Kier molecular flexibility index (Phi) is 4.41. The number of nitro groups is 2. The van der Waals surface area contributed by atoms with Crippen LogP contribution in [0.4, 0.5) is 11.4 Å². The van der Waals surface area contributed by atoms with Crippen molar-refractivity contribution in [3.05, 3.63) is 44.0 Å². The van der Waals surface area contributed by atoms with Crippen molar-refractivity contribution >= 4 is 22.9 Å². The fourth-order valence-electron chi connectivity index (χ4n) is 1.51. The lowest BCUT2D eigenvalue weighted by molar-refractivity contribution is -0.394. The number of carbonyl (C=O) groups excluding carboxylic acids is 2. The van der Waals surface area contributed by atoms with Crippen molar-refractivity contribution in [3.8, 4) is 0 Å². The van der Waals surface area contributed by atoms with Gasteiger partial charge in [-0.15, -0.1) is 0 Å². The standard InChI is InChI=1S/C11H10N2O6/c1-2-7(14)6-10(15)11-8(12(16)17)4-3-5-9(11)13(18)19/h3-5H,2,6H2,1H3. The highest BCUT2D eigenvalue weighted by Crippen LogP contribution is 2.29. The van der Waals surface area contributed by atoms with Gasteiger partial charge in [0.1, 0.15) is 5.78 Å². The Morgan fingerprint density at radius 2 is 1.58 bits per heavy atom. The second-order valence-corrected chi connectivity index (χ2v) is 3.68. The average molecular weight is 266 g/mol. The molecule has 8 nitrogen and oxygen atoms in total. The lowest BCUT2D eigenvalue weighted by atomic mass is 10.0. The van der Waals surface area contributed by atoms with Crippen molar-refractivity contribution in [1.82, 2.24) is 0 Å². The highest BCUT2D eigenvalue weighted by molar-refractivity contribution is 6.12. The third kappa shape index (κ3) is 3.18. The van der Waals surface area contributed by atoms with E-state index in [0.717, 1.165) is 18.2 Å². The van der Waals surface area contributed by atoms with Crippen LogP contribution in [0, 0.1) is 20.2 Å². The molecule has 0 fully saturated rings. The summed E-state index contributed by atoms with van der Waals surface area (Å²) >= 11 is 0. The number of Topliss-reactive ketones (excluding diaryl/α,β-unsaturated/α-hetero) is 2. The van der Waals surface area contributed by atoms with Gasteiger partial charge in [0.05, 0.1) is 16.3 Å². The highest BCUT2D eigenvalue weighted by atomic mass is 16.6. The Balaban J connectivity index is 3.36. The first-order chi connectivity index (χ1) is 8.88. The third-order valence-corrected chi connectivity index (χ3v) is 2.44. The SMILES string of the molecule is CCC(=O)CC(=O)c1c([N+](=O)[O-])cccc1[N+](=O)[O-].